The van der Waals surface area contributed by atoms with Gasteiger partial charge in [-0.15, -0.1) is 23.5 Å². The molecule has 4 rings (SSSR count). The predicted octanol–water partition coefficient (Wildman–Crippen LogP) is 3.60. The number of thioether (sulfide) groups is 3. The third kappa shape index (κ3) is 4.91. The molecule has 1 aromatic heterocycles. The number of aliphatic carboxylic acids is 1. The summed E-state index contributed by atoms with van der Waals surface area (Å²) in [6.07, 6.45) is 2.94. The smallest absolute Gasteiger partial charge is 0.352 e. The van der Waals surface area contributed by atoms with Crippen LogP contribution >= 0.6 is 58.5 Å². The molecule has 2 aliphatic heterocycles. The Morgan fingerprint density at radius 1 is 1.34 bits per heavy atom. The molecule has 2 N–H and O–H groups in total. The highest BCUT2D eigenvalue weighted by molar-refractivity contribution is 8.01. The number of nitrogens with zero attached hydrogens (tertiary/aromatic N) is 2. The number of halogens is 2. The number of carboxylic acid groups (broad SMARTS) is 1. The molecular formula is C19H15Cl2N3O5S3. The normalized spacial score (nSPS) is 20.1. The Labute approximate surface area is 205 Å². The molecule has 1 saturated heterocycles. The zero-order valence-corrected chi connectivity index (χ0v) is 20.1. The minimum absolute atomic E-state index is 0.0385. The predicted molar refractivity (Wildman–Crippen MR) is 124 cm³/mol. The molecule has 2 amide bonds. The quantitative estimate of drug-likeness (QED) is 0.389. The summed E-state index contributed by atoms with van der Waals surface area (Å²) in [5, 5.41) is 13.4. The summed E-state index contributed by atoms with van der Waals surface area (Å²) in [6, 6.07) is 4.18. The highest BCUT2D eigenvalue weighted by atomic mass is 35.5. The second-order valence-electron chi connectivity index (χ2n) is 6.66. The maximum absolute atomic E-state index is 12.7. The van der Waals surface area contributed by atoms with Crippen molar-refractivity contribution in [2.45, 2.75) is 21.5 Å². The molecular weight excluding hydrogens is 517 g/mol. The van der Waals surface area contributed by atoms with E-state index in [4.69, 9.17) is 27.6 Å². The van der Waals surface area contributed by atoms with E-state index in [1.165, 1.54) is 52.6 Å². The van der Waals surface area contributed by atoms with Gasteiger partial charge in [0, 0.05) is 21.4 Å². The number of amides is 2. The lowest BCUT2D eigenvalue weighted by Crippen LogP contribution is -2.70. The topological polar surface area (TPSA) is 113 Å². The van der Waals surface area contributed by atoms with Crippen LogP contribution in [0.1, 0.15) is 0 Å². The van der Waals surface area contributed by atoms with Gasteiger partial charge in [-0.1, -0.05) is 35.0 Å². The van der Waals surface area contributed by atoms with Gasteiger partial charge in [0.1, 0.15) is 23.4 Å². The van der Waals surface area contributed by atoms with E-state index in [9.17, 15) is 19.5 Å². The summed E-state index contributed by atoms with van der Waals surface area (Å²) < 4.78 is 5.16. The lowest BCUT2D eigenvalue weighted by atomic mass is 10.0. The second kappa shape index (κ2) is 10.0. The van der Waals surface area contributed by atoms with Gasteiger partial charge in [0.2, 0.25) is 5.91 Å². The summed E-state index contributed by atoms with van der Waals surface area (Å²) in [7, 11) is 0. The first-order chi connectivity index (χ1) is 15.3. The van der Waals surface area contributed by atoms with Crippen molar-refractivity contribution in [2.75, 3.05) is 17.3 Å². The van der Waals surface area contributed by atoms with Gasteiger partial charge in [0.05, 0.1) is 17.0 Å². The SMILES string of the molecule is O=C(CSc1cc(Cl)ccc1Cl)NC1C(=O)N2C(C(=O)O)=C(CSc3ncco3)CS[C@H]12. The first-order valence-electron chi connectivity index (χ1n) is 9.14. The van der Waals surface area contributed by atoms with Crippen LogP contribution in [0.15, 0.2) is 56.5 Å². The number of benzene rings is 1. The van der Waals surface area contributed by atoms with Gasteiger partial charge in [-0.2, -0.15) is 0 Å². The number of hydrogen-bond acceptors (Lipinski definition) is 8. The molecule has 1 fully saturated rings. The molecule has 0 saturated carbocycles. The van der Waals surface area contributed by atoms with Crippen LogP contribution in [0.25, 0.3) is 0 Å². The van der Waals surface area contributed by atoms with Crippen LogP contribution < -0.4 is 5.32 Å². The Morgan fingerprint density at radius 2 is 2.16 bits per heavy atom. The maximum Gasteiger partial charge on any atom is 0.352 e. The molecule has 2 atom stereocenters. The van der Waals surface area contributed by atoms with E-state index in [-0.39, 0.29) is 17.4 Å². The van der Waals surface area contributed by atoms with E-state index >= 15 is 0 Å². The Bertz CT molecular complexity index is 1100. The summed E-state index contributed by atoms with van der Waals surface area (Å²) >= 11 is 15.9. The number of rotatable bonds is 8. The Kier molecular flexibility index (Phi) is 7.30. The van der Waals surface area contributed by atoms with Crippen molar-refractivity contribution in [3.05, 3.63) is 52.0 Å². The molecule has 0 spiro atoms. The van der Waals surface area contributed by atoms with Crippen molar-refractivity contribution in [2.24, 2.45) is 0 Å². The fraction of sp³-hybridized carbons (Fsp3) is 0.263. The molecule has 0 radical (unpaired) electrons. The monoisotopic (exact) mass is 531 g/mol. The number of carbonyl (C=O) groups excluding carboxylic acids is 2. The molecule has 2 aliphatic rings. The minimum Gasteiger partial charge on any atom is -0.477 e. The number of nitrogens with one attached hydrogen (secondary N) is 1. The molecule has 168 valence electrons. The average molecular weight is 532 g/mol. The molecule has 2 aromatic rings. The van der Waals surface area contributed by atoms with E-state index in [1.807, 2.05) is 0 Å². The first kappa shape index (κ1) is 23.4. The van der Waals surface area contributed by atoms with Crippen molar-refractivity contribution < 1.29 is 23.9 Å². The van der Waals surface area contributed by atoms with Crippen molar-refractivity contribution in [3.63, 3.8) is 0 Å². The fourth-order valence-corrected chi connectivity index (χ4v) is 6.75. The van der Waals surface area contributed by atoms with E-state index in [1.54, 1.807) is 18.2 Å². The van der Waals surface area contributed by atoms with Crippen LogP contribution in [-0.2, 0) is 14.4 Å². The minimum atomic E-state index is -1.18. The summed E-state index contributed by atoms with van der Waals surface area (Å²) in [5.41, 5.74) is 0.564. The summed E-state index contributed by atoms with van der Waals surface area (Å²) in [4.78, 5) is 42.9. The highest BCUT2D eigenvalue weighted by Crippen LogP contribution is 2.41. The summed E-state index contributed by atoms with van der Waals surface area (Å²) in [5.74, 6) is -1.18. The number of fused-ring (bicyclic) bond motifs is 1. The molecule has 8 nitrogen and oxygen atoms in total. The number of carboxylic acids is 1. The van der Waals surface area contributed by atoms with Crippen LogP contribution in [0, 0.1) is 0 Å². The Hall–Kier alpha value is -1.79. The van der Waals surface area contributed by atoms with Crippen LogP contribution in [0.2, 0.25) is 10.0 Å². The van der Waals surface area contributed by atoms with Crippen molar-refractivity contribution in [3.8, 4) is 0 Å². The largest absolute Gasteiger partial charge is 0.477 e. The Morgan fingerprint density at radius 3 is 2.88 bits per heavy atom. The molecule has 32 heavy (non-hydrogen) atoms. The van der Waals surface area contributed by atoms with Crippen LogP contribution in [0.5, 0.6) is 0 Å². The van der Waals surface area contributed by atoms with Crippen molar-refractivity contribution >= 4 is 76.3 Å². The maximum atomic E-state index is 12.7. The average Bonchev–Trinajstić information content (AvgIpc) is 3.29. The molecule has 1 aromatic carbocycles. The van der Waals surface area contributed by atoms with Crippen molar-refractivity contribution in [1.29, 1.82) is 0 Å². The van der Waals surface area contributed by atoms with E-state index in [0.717, 1.165) is 0 Å². The lowest BCUT2D eigenvalue weighted by Gasteiger charge is -2.49. The zero-order valence-electron chi connectivity index (χ0n) is 16.1. The van der Waals surface area contributed by atoms with Crippen LogP contribution in [-0.4, -0.2) is 61.4 Å². The first-order valence-corrected chi connectivity index (χ1v) is 12.9. The summed E-state index contributed by atoms with van der Waals surface area (Å²) in [6.45, 7) is 0. The van der Waals surface area contributed by atoms with Gasteiger partial charge < -0.3 is 14.8 Å². The van der Waals surface area contributed by atoms with Gasteiger partial charge in [-0.05, 0) is 23.8 Å². The molecule has 3 heterocycles. The van der Waals surface area contributed by atoms with Gasteiger partial charge >= 0.3 is 5.97 Å². The number of carbonyl (C=O) groups is 3. The van der Waals surface area contributed by atoms with Crippen molar-refractivity contribution in [1.82, 2.24) is 15.2 Å². The third-order valence-corrected chi connectivity index (χ3v) is 8.61. The van der Waals surface area contributed by atoms with Gasteiger partial charge in [0.25, 0.3) is 11.1 Å². The molecule has 1 unspecified atom stereocenters. The van der Waals surface area contributed by atoms with Crippen LogP contribution in [0.4, 0.5) is 0 Å². The number of aromatic nitrogens is 1. The Balaban J connectivity index is 1.38. The lowest BCUT2D eigenvalue weighted by molar-refractivity contribution is -0.150. The molecule has 0 aliphatic carbocycles. The number of β-lactam (4-membered cyclic amide) rings is 1. The zero-order chi connectivity index (χ0) is 22.8. The highest BCUT2D eigenvalue weighted by Gasteiger charge is 2.54. The molecule has 13 heteroatoms. The third-order valence-electron chi connectivity index (χ3n) is 4.60. The van der Waals surface area contributed by atoms with E-state index in [0.29, 0.717) is 37.2 Å². The second-order valence-corrected chi connectivity index (χ2v) is 10.6. The number of oxazole rings is 1. The molecule has 0 bridgehead atoms. The van der Waals surface area contributed by atoms with E-state index in [2.05, 4.69) is 10.3 Å². The van der Waals surface area contributed by atoms with Crippen LogP contribution in [0.3, 0.4) is 0 Å². The van der Waals surface area contributed by atoms with Gasteiger partial charge in [0.15, 0.2) is 0 Å². The van der Waals surface area contributed by atoms with Gasteiger partial charge in [-0.25, -0.2) is 9.78 Å². The van der Waals surface area contributed by atoms with Gasteiger partial charge in [-0.3, -0.25) is 14.5 Å². The number of hydrogen-bond donors (Lipinski definition) is 2. The standard InChI is InChI=1S/C19H15Cl2N3O5S3/c20-10-1-2-11(21)12(5-10)30-8-13(25)23-14-16(26)24-15(18(27)28)9(6-31-17(14)24)7-32-19-22-3-4-29-19/h1-5,14,17H,6-8H2,(H,23,25)(H,27,28)/t14?,17-/m1/s1. The van der Waals surface area contributed by atoms with E-state index < -0.39 is 23.3 Å². The fourth-order valence-electron chi connectivity index (χ4n) is 3.17.